The van der Waals surface area contributed by atoms with E-state index in [4.69, 9.17) is 18.5 Å². The van der Waals surface area contributed by atoms with Crippen LogP contribution >= 0.6 is 7.82 Å². The first-order valence-electron chi connectivity index (χ1n) is 21.2. The van der Waals surface area contributed by atoms with Crippen molar-refractivity contribution in [2.45, 2.75) is 155 Å². The molecule has 54 heavy (non-hydrogen) atoms. The highest BCUT2D eigenvalue weighted by Crippen LogP contribution is 2.43. The summed E-state index contributed by atoms with van der Waals surface area (Å²) in [7, 11) is 1.65. The molecule has 0 aliphatic heterocycles. The Bertz CT molecular complexity index is 1090. The third-order valence-electron chi connectivity index (χ3n) is 8.53. The number of likely N-dealkylation sites (N-methyl/N-ethyl adjacent to an activating group) is 1. The third kappa shape index (κ3) is 41.1. The normalized spacial score (nSPS) is 14.6. The van der Waals surface area contributed by atoms with Crippen LogP contribution in [-0.4, -0.2) is 75.6 Å². The summed E-state index contributed by atoms with van der Waals surface area (Å²) in [6.45, 7) is 5.39. The number of nitrogens with zero attached hydrogens (tertiary/aromatic N) is 1. The van der Waals surface area contributed by atoms with Crippen molar-refractivity contribution in [3.63, 3.8) is 0 Å². The number of unbranched alkanes of at least 4 members (excludes halogenated alkanes) is 12. The fourth-order valence-electron chi connectivity index (χ4n) is 5.26. The van der Waals surface area contributed by atoms with Gasteiger partial charge in [-0.15, -0.1) is 0 Å². The second-order valence-corrected chi connectivity index (χ2v) is 16.4. The third-order valence-corrected chi connectivity index (χ3v) is 9.52. The number of hydrogen-bond acceptors (Lipinski definition) is 6. The number of quaternary nitrogens is 1. The fraction of sp³-hybridized carbons (Fsp3) is 0.711. The van der Waals surface area contributed by atoms with Gasteiger partial charge in [-0.1, -0.05) is 151 Å². The molecule has 0 amide bonds. The SMILES string of the molecule is CC/C=C\C/C=C\C/C=C\C/C=C\C/C=C\C/C=C\CCCCCCCCCOCC(COP(=O)(O)OCC[N+](C)(C)C)OC(=O)CCCCCCCC. The van der Waals surface area contributed by atoms with E-state index in [-0.39, 0.29) is 25.8 Å². The molecule has 0 aromatic heterocycles. The van der Waals surface area contributed by atoms with Gasteiger partial charge in [0, 0.05) is 13.0 Å². The van der Waals surface area contributed by atoms with Crippen LogP contribution in [0.25, 0.3) is 0 Å². The average molecular weight is 779 g/mol. The number of carbonyl (C=O) groups excluding carboxylic acids is 1. The smallest absolute Gasteiger partial charge is 0.457 e. The molecule has 9 heteroatoms. The Morgan fingerprint density at radius 1 is 0.593 bits per heavy atom. The molecule has 0 saturated heterocycles. The topological polar surface area (TPSA) is 91.3 Å². The molecule has 0 aliphatic rings. The number of carbonyl (C=O) groups is 1. The van der Waals surface area contributed by atoms with Crippen molar-refractivity contribution in [3.05, 3.63) is 72.9 Å². The molecule has 0 radical (unpaired) electrons. The van der Waals surface area contributed by atoms with E-state index in [9.17, 15) is 14.3 Å². The highest BCUT2D eigenvalue weighted by Gasteiger charge is 2.26. The van der Waals surface area contributed by atoms with E-state index in [1.807, 2.05) is 21.1 Å². The van der Waals surface area contributed by atoms with Crippen LogP contribution in [0.2, 0.25) is 0 Å². The maximum Gasteiger partial charge on any atom is 0.472 e. The second-order valence-electron chi connectivity index (χ2n) is 15.0. The summed E-state index contributed by atoms with van der Waals surface area (Å²) in [5, 5.41) is 0. The largest absolute Gasteiger partial charge is 0.472 e. The van der Waals surface area contributed by atoms with E-state index in [0.29, 0.717) is 24.1 Å². The van der Waals surface area contributed by atoms with Gasteiger partial charge in [0.2, 0.25) is 0 Å². The molecule has 312 valence electrons. The number of phosphoric acid groups is 1. The maximum absolute atomic E-state index is 12.5. The Balaban J connectivity index is 4.06. The van der Waals surface area contributed by atoms with Gasteiger partial charge in [0.05, 0.1) is 34.4 Å². The van der Waals surface area contributed by atoms with Crippen LogP contribution in [0.15, 0.2) is 72.9 Å². The predicted molar refractivity (Wildman–Crippen MR) is 228 cm³/mol. The van der Waals surface area contributed by atoms with Crippen LogP contribution in [0.3, 0.4) is 0 Å². The van der Waals surface area contributed by atoms with Gasteiger partial charge in [-0.25, -0.2) is 4.57 Å². The first-order valence-corrected chi connectivity index (χ1v) is 22.7. The monoisotopic (exact) mass is 779 g/mol. The van der Waals surface area contributed by atoms with Gasteiger partial charge in [0.15, 0.2) is 0 Å². The first-order chi connectivity index (χ1) is 26.1. The average Bonchev–Trinajstić information content (AvgIpc) is 3.12. The van der Waals surface area contributed by atoms with Crippen molar-refractivity contribution in [1.29, 1.82) is 0 Å². The molecule has 2 unspecified atom stereocenters. The van der Waals surface area contributed by atoms with Crippen molar-refractivity contribution in [3.8, 4) is 0 Å². The first kappa shape index (κ1) is 51.9. The van der Waals surface area contributed by atoms with Crippen LogP contribution in [0.4, 0.5) is 0 Å². The summed E-state index contributed by atoms with van der Waals surface area (Å²) < 4.78 is 34.7. The van der Waals surface area contributed by atoms with Gasteiger partial charge in [-0.2, -0.15) is 0 Å². The minimum atomic E-state index is -4.27. The summed E-state index contributed by atoms with van der Waals surface area (Å²) in [4.78, 5) is 22.6. The molecular weight excluding hydrogens is 697 g/mol. The molecule has 8 nitrogen and oxygen atoms in total. The maximum atomic E-state index is 12.5. The van der Waals surface area contributed by atoms with Crippen molar-refractivity contribution in [2.24, 2.45) is 0 Å². The molecule has 0 spiro atoms. The Kier molecular flexibility index (Phi) is 36.4. The van der Waals surface area contributed by atoms with Crippen LogP contribution in [-0.2, 0) is 27.9 Å². The van der Waals surface area contributed by atoms with Crippen molar-refractivity contribution < 1.29 is 37.3 Å². The minimum absolute atomic E-state index is 0.0831. The summed E-state index contributed by atoms with van der Waals surface area (Å²) in [5.74, 6) is -0.331. The zero-order valence-corrected chi connectivity index (χ0v) is 36.1. The number of ether oxygens (including phenoxy) is 2. The molecule has 1 N–H and O–H groups in total. The molecular formula is C45H81NO7P+. The molecule has 0 aromatic carbocycles. The highest BCUT2D eigenvalue weighted by atomic mass is 31.2. The van der Waals surface area contributed by atoms with E-state index in [1.165, 1.54) is 51.4 Å². The Hall–Kier alpha value is -2.06. The summed E-state index contributed by atoms with van der Waals surface area (Å²) >= 11 is 0. The van der Waals surface area contributed by atoms with Crippen molar-refractivity contribution in [2.75, 3.05) is 54.1 Å². The van der Waals surface area contributed by atoms with Gasteiger partial charge in [0.25, 0.3) is 0 Å². The lowest BCUT2D eigenvalue weighted by atomic mass is 10.1. The Morgan fingerprint density at radius 3 is 1.61 bits per heavy atom. The van der Waals surface area contributed by atoms with E-state index in [1.54, 1.807) is 0 Å². The summed E-state index contributed by atoms with van der Waals surface area (Å²) in [6.07, 6.45) is 48.2. The minimum Gasteiger partial charge on any atom is -0.457 e. The van der Waals surface area contributed by atoms with Crippen LogP contribution in [0.5, 0.6) is 0 Å². The van der Waals surface area contributed by atoms with Crippen LogP contribution < -0.4 is 0 Å². The van der Waals surface area contributed by atoms with E-state index < -0.39 is 13.9 Å². The molecule has 0 rings (SSSR count). The van der Waals surface area contributed by atoms with Gasteiger partial charge in [-0.05, 0) is 64.2 Å². The summed E-state index contributed by atoms with van der Waals surface area (Å²) in [5.41, 5.74) is 0. The van der Waals surface area contributed by atoms with Crippen molar-refractivity contribution >= 4 is 13.8 Å². The number of rotatable bonds is 38. The lowest BCUT2D eigenvalue weighted by Gasteiger charge is -2.24. The quantitative estimate of drug-likeness (QED) is 0.0219. The van der Waals surface area contributed by atoms with Crippen molar-refractivity contribution in [1.82, 2.24) is 0 Å². The van der Waals surface area contributed by atoms with E-state index in [0.717, 1.165) is 77.0 Å². The molecule has 0 fully saturated rings. The van der Waals surface area contributed by atoms with Crippen LogP contribution in [0.1, 0.15) is 149 Å². The highest BCUT2D eigenvalue weighted by molar-refractivity contribution is 7.47. The van der Waals surface area contributed by atoms with E-state index >= 15 is 0 Å². The predicted octanol–water partition coefficient (Wildman–Crippen LogP) is 12.3. The number of phosphoric ester groups is 1. The fourth-order valence-corrected chi connectivity index (χ4v) is 6.00. The molecule has 2 atom stereocenters. The lowest BCUT2D eigenvalue weighted by molar-refractivity contribution is -0.870. The molecule has 0 bridgehead atoms. The van der Waals surface area contributed by atoms with E-state index in [2.05, 4.69) is 86.8 Å². The Labute approximate surface area is 332 Å². The van der Waals surface area contributed by atoms with Gasteiger partial charge in [0.1, 0.15) is 19.3 Å². The molecule has 0 aromatic rings. The number of esters is 1. The standard InChI is InChI=1S/C45H80NO7P/c1-6-8-10-12-14-15-16-17-18-19-20-21-22-23-24-25-26-27-28-29-30-31-32-33-35-37-40-50-42-44(53-45(47)38-36-34-13-11-9-7-2)43-52-54(48,49)51-41-39-46(3,4)5/h8,10,14-15,17-18,20-21,23-24,26-27,44H,6-7,9,11-13,16,19,22,25,28-43H2,1-5H3/p+1/b10-8-,15-14-,18-17-,21-20-,24-23-,27-26-. The second kappa shape index (κ2) is 37.8. The zero-order valence-electron chi connectivity index (χ0n) is 35.2. The van der Waals surface area contributed by atoms with Gasteiger partial charge in [-0.3, -0.25) is 13.8 Å². The van der Waals surface area contributed by atoms with Crippen LogP contribution in [0, 0.1) is 0 Å². The molecule has 0 heterocycles. The van der Waals surface area contributed by atoms with Gasteiger partial charge < -0.3 is 18.9 Å². The summed E-state index contributed by atoms with van der Waals surface area (Å²) in [6, 6.07) is 0. The Morgan fingerprint density at radius 2 is 1.07 bits per heavy atom. The molecule has 0 aliphatic carbocycles. The molecule has 0 saturated carbocycles. The number of allylic oxidation sites excluding steroid dienone is 12. The number of hydrogen-bond donors (Lipinski definition) is 1. The zero-order chi connectivity index (χ0) is 39.9. The lowest BCUT2D eigenvalue weighted by Crippen LogP contribution is -2.37. The van der Waals surface area contributed by atoms with Gasteiger partial charge >= 0.3 is 13.8 Å².